The Kier molecular flexibility index (Phi) is 4.47. The highest BCUT2D eigenvalue weighted by Gasteiger charge is 2.10. The molecule has 0 fully saturated rings. The van der Waals surface area contributed by atoms with Crippen LogP contribution in [0, 0.1) is 6.92 Å². The van der Waals surface area contributed by atoms with Gasteiger partial charge in [0, 0.05) is 42.9 Å². The van der Waals surface area contributed by atoms with E-state index in [1.807, 2.05) is 43.5 Å². The monoisotopic (exact) mass is 306 g/mol. The first-order valence-corrected chi connectivity index (χ1v) is 7.51. The lowest BCUT2D eigenvalue weighted by Crippen LogP contribution is -2.27. The van der Waals surface area contributed by atoms with Crippen LogP contribution in [0.4, 0.5) is 0 Å². The van der Waals surface area contributed by atoms with Crippen LogP contribution in [0.15, 0.2) is 61.1 Å². The largest absolute Gasteiger partial charge is 0.350 e. The second-order valence-corrected chi connectivity index (χ2v) is 5.24. The van der Waals surface area contributed by atoms with Crippen LogP contribution in [0.25, 0.3) is 11.4 Å². The summed E-state index contributed by atoms with van der Waals surface area (Å²) in [5.74, 6) is 0.802. The number of carbonyl (C=O) groups is 1. The number of nitrogens with zero attached hydrogens (tertiary/aromatic N) is 3. The third kappa shape index (κ3) is 3.45. The van der Waals surface area contributed by atoms with Crippen molar-refractivity contribution in [3.8, 4) is 11.4 Å². The summed E-state index contributed by atoms with van der Waals surface area (Å²) in [5, 5.41) is 2.92. The molecule has 23 heavy (non-hydrogen) atoms. The zero-order valence-corrected chi connectivity index (χ0v) is 12.9. The fourth-order valence-electron chi connectivity index (χ4n) is 2.44. The van der Waals surface area contributed by atoms with Gasteiger partial charge >= 0.3 is 0 Å². The molecular formula is C18H18N4O. The highest BCUT2D eigenvalue weighted by molar-refractivity contribution is 5.93. The zero-order chi connectivity index (χ0) is 16.1. The Hall–Kier alpha value is -2.95. The quantitative estimate of drug-likeness (QED) is 0.788. The Morgan fingerprint density at radius 3 is 2.70 bits per heavy atom. The minimum Gasteiger partial charge on any atom is -0.350 e. The van der Waals surface area contributed by atoms with Crippen molar-refractivity contribution in [1.29, 1.82) is 0 Å². The van der Waals surface area contributed by atoms with Crippen LogP contribution in [0.5, 0.6) is 0 Å². The molecule has 5 nitrogen and oxygen atoms in total. The normalized spacial score (nSPS) is 10.5. The molecule has 0 bridgehead atoms. The second kappa shape index (κ2) is 6.87. The lowest BCUT2D eigenvalue weighted by Gasteiger charge is -2.11. The minimum absolute atomic E-state index is 0.114. The van der Waals surface area contributed by atoms with E-state index in [0.29, 0.717) is 18.7 Å². The summed E-state index contributed by atoms with van der Waals surface area (Å²) in [7, 11) is 0. The summed E-state index contributed by atoms with van der Waals surface area (Å²) in [4.78, 5) is 20.5. The Bertz CT molecular complexity index is 781. The third-order valence-corrected chi connectivity index (χ3v) is 3.63. The predicted octanol–water partition coefficient (Wildman–Crippen LogP) is 2.68. The van der Waals surface area contributed by atoms with Crippen LogP contribution in [0.1, 0.15) is 16.1 Å². The molecule has 0 aliphatic rings. The number of aryl methyl sites for hydroxylation is 1. The van der Waals surface area contributed by atoms with Gasteiger partial charge in [0.25, 0.3) is 5.91 Å². The van der Waals surface area contributed by atoms with Crippen LogP contribution >= 0.6 is 0 Å². The lowest BCUT2D eigenvalue weighted by molar-refractivity contribution is 0.0952. The third-order valence-electron chi connectivity index (χ3n) is 3.63. The summed E-state index contributed by atoms with van der Waals surface area (Å²) in [6.07, 6.45) is 5.07. The van der Waals surface area contributed by atoms with E-state index in [1.54, 1.807) is 24.5 Å². The molecule has 1 amide bonds. The molecule has 2 heterocycles. The number of benzene rings is 1. The highest BCUT2D eigenvalue weighted by Crippen LogP contribution is 2.18. The molecular weight excluding hydrogens is 288 g/mol. The molecule has 1 N–H and O–H groups in total. The van der Waals surface area contributed by atoms with Crippen LogP contribution in [-0.2, 0) is 6.54 Å². The molecule has 0 saturated carbocycles. The maximum Gasteiger partial charge on any atom is 0.252 e. The van der Waals surface area contributed by atoms with Crippen LogP contribution in [0.2, 0.25) is 0 Å². The maximum absolute atomic E-state index is 12.0. The molecule has 1 aromatic carbocycles. The fourth-order valence-corrected chi connectivity index (χ4v) is 2.44. The number of amides is 1. The van der Waals surface area contributed by atoms with E-state index >= 15 is 0 Å². The van der Waals surface area contributed by atoms with E-state index < -0.39 is 0 Å². The van der Waals surface area contributed by atoms with Crippen molar-refractivity contribution in [1.82, 2.24) is 19.9 Å². The Morgan fingerprint density at radius 2 is 1.96 bits per heavy atom. The Morgan fingerprint density at radius 1 is 1.13 bits per heavy atom. The van der Waals surface area contributed by atoms with Gasteiger partial charge in [-0.05, 0) is 19.1 Å². The van der Waals surface area contributed by atoms with Gasteiger partial charge in [-0.1, -0.05) is 30.3 Å². The summed E-state index contributed by atoms with van der Waals surface area (Å²) in [5.41, 5.74) is 2.71. The predicted molar refractivity (Wildman–Crippen MR) is 89.0 cm³/mol. The SMILES string of the molecule is Cc1cnc(-c2ccccc2)n1CCNC(=O)c1cccnc1. The average molecular weight is 306 g/mol. The number of hydrogen-bond donors (Lipinski definition) is 1. The summed E-state index contributed by atoms with van der Waals surface area (Å²) in [6, 6.07) is 13.5. The van der Waals surface area contributed by atoms with Gasteiger partial charge in [0.1, 0.15) is 5.82 Å². The van der Waals surface area contributed by atoms with Gasteiger partial charge < -0.3 is 9.88 Å². The Labute approximate surface area is 135 Å². The van der Waals surface area contributed by atoms with E-state index in [1.165, 1.54) is 0 Å². The van der Waals surface area contributed by atoms with E-state index in [0.717, 1.165) is 17.1 Å². The van der Waals surface area contributed by atoms with Crippen molar-refractivity contribution in [2.45, 2.75) is 13.5 Å². The molecule has 116 valence electrons. The first-order valence-electron chi connectivity index (χ1n) is 7.51. The topological polar surface area (TPSA) is 59.8 Å². The Balaban J connectivity index is 1.67. The summed E-state index contributed by atoms with van der Waals surface area (Å²) in [6.45, 7) is 3.22. The summed E-state index contributed by atoms with van der Waals surface area (Å²) >= 11 is 0. The van der Waals surface area contributed by atoms with Crippen molar-refractivity contribution < 1.29 is 4.79 Å². The molecule has 0 saturated heterocycles. The molecule has 0 aliphatic carbocycles. The van der Waals surface area contributed by atoms with Gasteiger partial charge in [0.2, 0.25) is 0 Å². The average Bonchev–Trinajstić information content (AvgIpc) is 2.97. The van der Waals surface area contributed by atoms with E-state index in [2.05, 4.69) is 19.9 Å². The van der Waals surface area contributed by atoms with Crippen molar-refractivity contribution in [3.63, 3.8) is 0 Å². The molecule has 0 aliphatic heterocycles. The maximum atomic E-state index is 12.0. The smallest absolute Gasteiger partial charge is 0.252 e. The van der Waals surface area contributed by atoms with Crippen LogP contribution in [0.3, 0.4) is 0 Å². The molecule has 0 radical (unpaired) electrons. The summed E-state index contributed by atoms with van der Waals surface area (Å²) < 4.78 is 2.11. The van der Waals surface area contributed by atoms with Crippen LogP contribution < -0.4 is 5.32 Å². The van der Waals surface area contributed by atoms with Gasteiger partial charge in [-0.25, -0.2) is 4.98 Å². The fraction of sp³-hybridized carbons (Fsp3) is 0.167. The van der Waals surface area contributed by atoms with E-state index in [9.17, 15) is 4.79 Å². The lowest BCUT2D eigenvalue weighted by atomic mass is 10.2. The molecule has 0 unspecified atom stereocenters. The first kappa shape index (κ1) is 15.0. The van der Waals surface area contributed by atoms with Gasteiger partial charge in [-0.15, -0.1) is 0 Å². The van der Waals surface area contributed by atoms with E-state index in [4.69, 9.17) is 0 Å². The molecule has 3 aromatic rings. The number of nitrogens with one attached hydrogen (secondary N) is 1. The van der Waals surface area contributed by atoms with Gasteiger partial charge in [-0.3, -0.25) is 9.78 Å². The second-order valence-electron chi connectivity index (χ2n) is 5.24. The van der Waals surface area contributed by atoms with Crippen molar-refractivity contribution in [2.24, 2.45) is 0 Å². The number of aromatic nitrogens is 3. The minimum atomic E-state index is -0.114. The van der Waals surface area contributed by atoms with Gasteiger partial charge in [-0.2, -0.15) is 0 Å². The van der Waals surface area contributed by atoms with Gasteiger partial charge in [0.15, 0.2) is 0 Å². The molecule has 5 heteroatoms. The molecule has 3 rings (SSSR count). The standard InChI is InChI=1S/C18H18N4O/c1-14-12-21-17(15-6-3-2-4-7-15)22(14)11-10-20-18(23)16-8-5-9-19-13-16/h2-9,12-13H,10-11H2,1H3,(H,20,23). The van der Waals surface area contributed by atoms with Crippen molar-refractivity contribution in [2.75, 3.05) is 6.54 Å². The number of pyridine rings is 1. The number of carbonyl (C=O) groups excluding carboxylic acids is 1. The number of hydrogen-bond acceptors (Lipinski definition) is 3. The van der Waals surface area contributed by atoms with Gasteiger partial charge in [0.05, 0.1) is 5.56 Å². The molecule has 0 spiro atoms. The first-order chi connectivity index (χ1) is 11.3. The van der Waals surface area contributed by atoms with Crippen molar-refractivity contribution >= 4 is 5.91 Å². The number of rotatable bonds is 5. The zero-order valence-electron chi connectivity index (χ0n) is 12.9. The number of imidazole rings is 1. The highest BCUT2D eigenvalue weighted by atomic mass is 16.1. The van der Waals surface area contributed by atoms with E-state index in [-0.39, 0.29) is 5.91 Å². The molecule has 0 atom stereocenters. The van der Waals surface area contributed by atoms with Crippen molar-refractivity contribution in [3.05, 3.63) is 72.3 Å². The van der Waals surface area contributed by atoms with Crippen LogP contribution in [-0.4, -0.2) is 27.0 Å². The molecule has 2 aromatic heterocycles.